The van der Waals surface area contributed by atoms with Gasteiger partial charge in [0, 0.05) is 30.9 Å². The number of nitrogens with zero attached hydrogens (tertiary/aromatic N) is 2. The molecule has 0 spiro atoms. The Hall–Kier alpha value is -2.64. The Labute approximate surface area is 121 Å². The zero-order chi connectivity index (χ0) is 15.8. The van der Waals surface area contributed by atoms with Gasteiger partial charge in [-0.1, -0.05) is 0 Å². The van der Waals surface area contributed by atoms with Crippen LogP contribution >= 0.6 is 0 Å². The van der Waals surface area contributed by atoms with Gasteiger partial charge in [0.1, 0.15) is 0 Å². The maximum Gasteiger partial charge on any atom is 0.321 e. The van der Waals surface area contributed by atoms with E-state index in [0.29, 0.717) is 12.2 Å². The number of benzene rings is 1. The normalized spacial score (nSPS) is 9.81. The average Bonchev–Trinajstić information content (AvgIpc) is 2.48. The lowest BCUT2D eigenvalue weighted by Crippen LogP contribution is -2.36. The minimum Gasteiger partial charge on any atom is -0.469 e. The lowest BCUT2D eigenvalue weighted by molar-refractivity contribution is -0.384. The lowest BCUT2D eigenvalue weighted by atomic mass is 10.3. The summed E-state index contributed by atoms with van der Waals surface area (Å²) in [5.74, 6) is -0.392. The number of nitro benzene ring substituents is 1. The molecule has 0 aromatic heterocycles. The first kappa shape index (κ1) is 16.4. The van der Waals surface area contributed by atoms with Gasteiger partial charge in [0.05, 0.1) is 18.5 Å². The van der Waals surface area contributed by atoms with Gasteiger partial charge in [-0.15, -0.1) is 0 Å². The number of rotatable bonds is 6. The molecule has 8 nitrogen and oxygen atoms in total. The van der Waals surface area contributed by atoms with Crippen molar-refractivity contribution in [2.24, 2.45) is 0 Å². The summed E-state index contributed by atoms with van der Waals surface area (Å²) >= 11 is 0. The van der Waals surface area contributed by atoms with Crippen molar-refractivity contribution in [3.63, 3.8) is 0 Å². The van der Waals surface area contributed by atoms with Crippen LogP contribution in [0.1, 0.15) is 13.3 Å². The molecular weight excluding hydrogens is 278 g/mol. The van der Waals surface area contributed by atoms with Crippen molar-refractivity contribution in [3.05, 3.63) is 34.4 Å². The molecule has 0 aliphatic carbocycles. The van der Waals surface area contributed by atoms with Crippen LogP contribution in [0.5, 0.6) is 0 Å². The van der Waals surface area contributed by atoms with Crippen LogP contribution in [0.3, 0.4) is 0 Å². The maximum absolute atomic E-state index is 12.0. The highest BCUT2D eigenvalue weighted by molar-refractivity contribution is 5.89. The number of carbonyl (C=O) groups is 2. The van der Waals surface area contributed by atoms with E-state index in [2.05, 4.69) is 10.1 Å². The standard InChI is InChI=1S/C13H17N3O5/c1-3-15(9-8-12(17)21-2)13(18)14-10-4-6-11(7-5-10)16(19)20/h4-7H,3,8-9H2,1-2H3,(H,14,18). The largest absolute Gasteiger partial charge is 0.469 e. The number of hydrogen-bond donors (Lipinski definition) is 1. The Morgan fingerprint density at radius 3 is 2.43 bits per heavy atom. The summed E-state index contributed by atoms with van der Waals surface area (Å²) in [6.45, 7) is 2.45. The quantitative estimate of drug-likeness (QED) is 0.491. The molecule has 0 bridgehead atoms. The number of ether oxygens (including phenoxy) is 1. The van der Waals surface area contributed by atoms with Crippen molar-refractivity contribution in [2.75, 3.05) is 25.5 Å². The number of non-ortho nitro benzene ring substituents is 1. The second-order valence-electron chi connectivity index (χ2n) is 4.14. The van der Waals surface area contributed by atoms with Gasteiger partial charge in [0.15, 0.2) is 0 Å². The molecule has 0 heterocycles. The highest BCUT2D eigenvalue weighted by Gasteiger charge is 2.14. The number of nitrogens with one attached hydrogen (secondary N) is 1. The molecule has 1 aromatic carbocycles. The van der Waals surface area contributed by atoms with E-state index in [9.17, 15) is 19.7 Å². The summed E-state index contributed by atoms with van der Waals surface area (Å²) in [4.78, 5) is 34.5. The van der Waals surface area contributed by atoms with Gasteiger partial charge in [-0.2, -0.15) is 0 Å². The van der Waals surface area contributed by atoms with Gasteiger partial charge in [0.2, 0.25) is 0 Å². The Morgan fingerprint density at radius 2 is 1.95 bits per heavy atom. The predicted octanol–water partition coefficient (Wildman–Crippen LogP) is 2.01. The van der Waals surface area contributed by atoms with Gasteiger partial charge < -0.3 is 15.0 Å². The first-order valence-electron chi connectivity index (χ1n) is 6.35. The second-order valence-corrected chi connectivity index (χ2v) is 4.14. The zero-order valence-corrected chi connectivity index (χ0v) is 11.9. The maximum atomic E-state index is 12.0. The minimum absolute atomic E-state index is 0.0500. The topological polar surface area (TPSA) is 102 Å². The molecule has 2 amide bonds. The SMILES string of the molecule is CCN(CCC(=O)OC)C(=O)Nc1ccc([N+](=O)[O-])cc1. The van der Waals surface area contributed by atoms with Crippen molar-refractivity contribution < 1.29 is 19.2 Å². The first-order valence-corrected chi connectivity index (χ1v) is 6.35. The third-order valence-corrected chi connectivity index (χ3v) is 2.81. The number of urea groups is 1. The van der Waals surface area contributed by atoms with Crippen LogP contribution in [-0.4, -0.2) is 42.0 Å². The van der Waals surface area contributed by atoms with Gasteiger partial charge in [0.25, 0.3) is 5.69 Å². The monoisotopic (exact) mass is 295 g/mol. The molecule has 1 N–H and O–H groups in total. The molecule has 0 saturated carbocycles. The summed E-state index contributed by atoms with van der Waals surface area (Å²) in [7, 11) is 1.29. The fourth-order valence-electron chi connectivity index (χ4n) is 1.60. The van der Waals surface area contributed by atoms with Gasteiger partial charge in [-0.05, 0) is 19.1 Å². The highest BCUT2D eigenvalue weighted by Crippen LogP contribution is 2.15. The molecule has 1 rings (SSSR count). The molecule has 0 radical (unpaired) electrons. The minimum atomic E-state index is -0.514. The van der Waals surface area contributed by atoms with Crippen LogP contribution in [0, 0.1) is 10.1 Å². The van der Waals surface area contributed by atoms with Crippen molar-refractivity contribution in [1.29, 1.82) is 0 Å². The molecular formula is C13H17N3O5. The molecule has 114 valence electrons. The van der Waals surface area contributed by atoms with E-state index < -0.39 is 10.9 Å². The van der Waals surface area contributed by atoms with Gasteiger partial charge in [-0.25, -0.2) is 4.79 Å². The lowest BCUT2D eigenvalue weighted by Gasteiger charge is -2.20. The predicted molar refractivity (Wildman–Crippen MR) is 76.0 cm³/mol. The molecule has 0 aliphatic heterocycles. The van der Waals surface area contributed by atoms with Gasteiger partial charge >= 0.3 is 12.0 Å². The van der Waals surface area contributed by atoms with Crippen LogP contribution in [0.25, 0.3) is 0 Å². The number of esters is 1. The summed E-state index contributed by atoms with van der Waals surface area (Å²) in [5.41, 5.74) is 0.396. The molecule has 0 fully saturated rings. The molecule has 0 saturated heterocycles. The second kappa shape index (κ2) is 7.83. The Bertz CT molecular complexity index is 515. The number of carbonyl (C=O) groups excluding carboxylic acids is 2. The van der Waals surface area contributed by atoms with Crippen molar-refractivity contribution in [3.8, 4) is 0 Å². The van der Waals surface area contributed by atoms with Crippen LogP contribution in [0.4, 0.5) is 16.2 Å². The van der Waals surface area contributed by atoms with Crippen LogP contribution in [-0.2, 0) is 9.53 Å². The molecule has 8 heteroatoms. The summed E-state index contributed by atoms with van der Waals surface area (Å²) in [5, 5.41) is 13.1. The number of anilines is 1. The molecule has 21 heavy (non-hydrogen) atoms. The van der Waals surface area contributed by atoms with E-state index >= 15 is 0 Å². The smallest absolute Gasteiger partial charge is 0.321 e. The zero-order valence-electron chi connectivity index (χ0n) is 11.9. The highest BCUT2D eigenvalue weighted by atomic mass is 16.6. The molecule has 0 atom stereocenters. The molecule has 0 unspecified atom stereocenters. The summed E-state index contributed by atoms with van der Waals surface area (Å²) < 4.78 is 4.52. The van der Waals surface area contributed by atoms with Crippen molar-refractivity contribution in [1.82, 2.24) is 4.90 Å². The fraction of sp³-hybridized carbons (Fsp3) is 0.385. The fourth-order valence-corrected chi connectivity index (χ4v) is 1.60. The number of amides is 2. The van der Waals surface area contributed by atoms with E-state index in [1.807, 2.05) is 0 Å². The first-order chi connectivity index (χ1) is 9.97. The third kappa shape index (κ3) is 5.09. The average molecular weight is 295 g/mol. The van der Waals surface area contributed by atoms with Crippen LogP contribution in [0.2, 0.25) is 0 Å². The van der Waals surface area contributed by atoms with E-state index in [-0.39, 0.29) is 24.7 Å². The number of methoxy groups -OCH3 is 1. The van der Waals surface area contributed by atoms with Crippen LogP contribution < -0.4 is 5.32 Å². The Balaban J connectivity index is 2.60. The summed E-state index contributed by atoms with van der Waals surface area (Å²) in [6.07, 6.45) is 0.109. The number of hydrogen-bond acceptors (Lipinski definition) is 5. The Kier molecular flexibility index (Phi) is 6.12. The van der Waals surface area contributed by atoms with E-state index in [4.69, 9.17) is 0 Å². The van der Waals surface area contributed by atoms with E-state index in [1.165, 1.54) is 36.3 Å². The van der Waals surface area contributed by atoms with Crippen molar-refractivity contribution >= 4 is 23.4 Å². The van der Waals surface area contributed by atoms with Gasteiger partial charge in [-0.3, -0.25) is 14.9 Å². The van der Waals surface area contributed by atoms with Crippen molar-refractivity contribution in [2.45, 2.75) is 13.3 Å². The van der Waals surface area contributed by atoms with E-state index in [0.717, 1.165) is 0 Å². The number of nitro groups is 1. The Morgan fingerprint density at radius 1 is 1.33 bits per heavy atom. The molecule has 0 aliphatic rings. The van der Waals surface area contributed by atoms with E-state index in [1.54, 1.807) is 6.92 Å². The molecule has 1 aromatic rings. The third-order valence-electron chi connectivity index (χ3n) is 2.81. The van der Waals surface area contributed by atoms with Crippen LogP contribution in [0.15, 0.2) is 24.3 Å². The summed E-state index contributed by atoms with van der Waals surface area (Å²) in [6, 6.07) is 5.13.